The average Bonchev–Trinajstić information content (AvgIpc) is 3.08. The van der Waals surface area contributed by atoms with Gasteiger partial charge >= 0.3 is 0 Å². The molecule has 1 N–H and O–H groups in total. The number of rotatable bonds is 5. The first kappa shape index (κ1) is 18.1. The van der Waals surface area contributed by atoms with E-state index in [1.54, 1.807) is 25.1 Å². The highest BCUT2D eigenvalue weighted by Gasteiger charge is 2.31. The van der Waals surface area contributed by atoms with Crippen LogP contribution in [0.3, 0.4) is 0 Å². The van der Waals surface area contributed by atoms with E-state index in [1.165, 1.54) is 11.9 Å². The second-order valence-electron chi connectivity index (χ2n) is 6.13. The molecule has 0 saturated heterocycles. The number of carbonyl (C=O) groups excluding carboxylic acids is 1. The topological polar surface area (TPSA) is 78.8 Å². The maximum atomic E-state index is 12.0. The normalized spacial score (nSPS) is 17.1. The van der Waals surface area contributed by atoms with Crippen LogP contribution in [0.15, 0.2) is 59.7 Å². The molecule has 1 aliphatic heterocycles. The van der Waals surface area contributed by atoms with Crippen LogP contribution in [0.25, 0.3) is 0 Å². The number of hydrogen-bond acceptors (Lipinski definition) is 4. The quantitative estimate of drug-likeness (QED) is 0.877. The van der Waals surface area contributed by atoms with E-state index in [4.69, 9.17) is 0 Å². The minimum atomic E-state index is -3.35. The molecule has 1 heterocycles. The Balaban J connectivity index is 1.90. The fourth-order valence-electron chi connectivity index (χ4n) is 2.92. The summed E-state index contributed by atoms with van der Waals surface area (Å²) >= 11 is 0. The number of amides is 1. The molecule has 7 heteroatoms. The van der Waals surface area contributed by atoms with Crippen LogP contribution in [0.5, 0.6) is 0 Å². The van der Waals surface area contributed by atoms with Crippen molar-refractivity contribution >= 4 is 27.3 Å². The molecule has 0 bridgehead atoms. The smallest absolute Gasteiger partial charge is 0.240 e. The zero-order valence-corrected chi connectivity index (χ0v) is 15.5. The maximum absolute atomic E-state index is 12.0. The minimum absolute atomic E-state index is 0.00632. The van der Waals surface area contributed by atoms with Crippen molar-refractivity contribution in [1.29, 1.82) is 0 Å². The van der Waals surface area contributed by atoms with Gasteiger partial charge in [-0.2, -0.15) is 5.10 Å². The van der Waals surface area contributed by atoms with Gasteiger partial charge in [0.15, 0.2) is 0 Å². The first-order valence-electron chi connectivity index (χ1n) is 8.43. The molecule has 0 aromatic heterocycles. The van der Waals surface area contributed by atoms with Crippen LogP contribution in [-0.4, -0.2) is 30.8 Å². The number of nitrogens with zero attached hydrogens (tertiary/aromatic N) is 2. The van der Waals surface area contributed by atoms with E-state index in [-0.39, 0.29) is 17.7 Å². The highest BCUT2D eigenvalue weighted by molar-refractivity contribution is 7.92. The minimum Gasteiger partial charge on any atom is -0.284 e. The summed E-state index contributed by atoms with van der Waals surface area (Å²) in [6.45, 7) is 3.08. The molecule has 0 fully saturated rings. The zero-order valence-electron chi connectivity index (χ0n) is 14.7. The average molecular weight is 371 g/mol. The number of sulfonamides is 1. The summed E-state index contributed by atoms with van der Waals surface area (Å²) in [4.78, 5) is 12.0. The molecule has 26 heavy (non-hydrogen) atoms. The number of anilines is 1. The van der Waals surface area contributed by atoms with Crippen molar-refractivity contribution in [2.75, 3.05) is 10.5 Å². The van der Waals surface area contributed by atoms with Gasteiger partial charge < -0.3 is 0 Å². The van der Waals surface area contributed by atoms with Crippen LogP contribution in [0, 0.1) is 0 Å². The van der Waals surface area contributed by atoms with Crippen molar-refractivity contribution in [1.82, 2.24) is 5.01 Å². The molecule has 2 aromatic rings. The lowest BCUT2D eigenvalue weighted by atomic mass is 9.98. The van der Waals surface area contributed by atoms with Crippen molar-refractivity contribution in [3.63, 3.8) is 0 Å². The Kier molecular flexibility index (Phi) is 5.08. The van der Waals surface area contributed by atoms with Gasteiger partial charge in [0, 0.05) is 19.0 Å². The second kappa shape index (κ2) is 7.29. The molecule has 136 valence electrons. The van der Waals surface area contributed by atoms with E-state index < -0.39 is 10.0 Å². The predicted molar refractivity (Wildman–Crippen MR) is 102 cm³/mol. The van der Waals surface area contributed by atoms with E-state index >= 15 is 0 Å². The van der Waals surface area contributed by atoms with Crippen LogP contribution in [0.1, 0.15) is 37.4 Å². The van der Waals surface area contributed by atoms with Crippen molar-refractivity contribution in [2.24, 2.45) is 5.10 Å². The summed E-state index contributed by atoms with van der Waals surface area (Å²) in [5, 5.41) is 5.99. The molecule has 3 rings (SSSR count). The Morgan fingerprint density at radius 1 is 1.19 bits per heavy atom. The summed E-state index contributed by atoms with van der Waals surface area (Å²) in [6, 6.07) is 16.7. The lowest BCUT2D eigenvalue weighted by molar-refractivity contribution is -0.130. The summed E-state index contributed by atoms with van der Waals surface area (Å²) in [5.74, 6) is -0.122. The van der Waals surface area contributed by atoms with E-state index in [2.05, 4.69) is 9.82 Å². The molecule has 0 radical (unpaired) electrons. The Hall–Kier alpha value is -2.67. The van der Waals surface area contributed by atoms with Crippen molar-refractivity contribution in [3.05, 3.63) is 65.7 Å². The summed E-state index contributed by atoms with van der Waals surface area (Å²) in [6.07, 6.45) is 0.577. The molecular formula is C19H21N3O3S. The van der Waals surface area contributed by atoms with Gasteiger partial charge in [-0.15, -0.1) is 0 Å². The molecule has 1 amide bonds. The van der Waals surface area contributed by atoms with E-state index in [1.807, 2.05) is 36.4 Å². The Morgan fingerprint density at radius 2 is 1.92 bits per heavy atom. The van der Waals surface area contributed by atoms with Crippen LogP contribution < -0.4 is 4.72 Å². The third-order valence-corrected chi connectivity index (χ3v) is 5.57. The van der Waals surface area contributed by atoms with E-state index in [0.717, 1.165) is 16.8 Å². The highest BCUT2D eigenvalue weighted by Crippen LogP contribution is 2.33. The Morgan fingerprint density at radius 3 is 2.58 bits per heavy atom. The van der Waals surface area contributed by atoms with Gasteiger partial charge in [-0.25, -0.2) is 13.4 Å². The monoisotopic (exact) mass is 371 g/mol. The van der Waals surface area contributed by atoms with Crippen molar-refractivity contribution in [3.8, 4) is 0 Å². The molecule has 1 aliphatic rings. The van der Waals surface area contributed by atoms with Crippen LogP contribution >= 0.6 is 0 Å². The SMILES string of the molecule is CCS(=O)(=O)Nc1cccc(C2=NN(C(C)=O)[C@H](c3ccccc3)C2)c1. The van der Waals surface area contributed by atoms with Gasteiger partial charge in [0.25, 0.3) is 0 Å². The van der Waals surface area contributed by atoms with Gasteiger partial charge in [-0.1, -0.05) is 42.5 Å². The zero-order chi connectivity index (χ0) is 18.7. The van der Waals surface area contributed by atoms with Gasteiger partial charge in [-0.05, 0) is 30.2 Å². The molecule has 0 spiro atoms. The van der Waals surface area contributed by atoms with Crippen molar-refractivity contribution in [2.45, 2.75) is 26.3 Å². The van der Waals surface area contributed by atoms with Gasteiger partial charge in [0.2, 0.25) is 15.9 Å². The van der Waals surface area contributed by atoms with E-state index in [0.29, 0.717) is 12.1 Å². The first-order chi connectivity index (χ1) is 12.4. The Bertz CT molecular complexity index is 940. The summed E-state index contributed by atoms with van der Waals surface area (Å²) < 4.78 is 26.1. The molecule has 0 saturated carbocycles. The predicted octanol–water partition coefficient (Wildman–Crippen LogP) is 3.15. The van der Waals surface area contributed by atoms with E-state index in [9.17, 15) is 13.2 Å². The number of carbonyl (C=O) groups is 1. The standard InChI is InChI=1S/C19H21N3O3S/c1-3-26(24,25)21-17-11-7-10-16(12-17)18-13-19(22(20-18)14(2)23)15-8-5-4-6-9-15/h4-12,19,21H,3,13H2,1-2H3/t19-/m0/s1. The third kappa shape index (κ3) is 3.94. The Labute approximate surface area is 153 Å². The van der Waals surface area contributed by atoms with Gasteiger partial charge in [-0.3, -0.25) is 9.52 Å². The molecule has 0 aliphatic carbocycles. The van der Waals surface area contributed by atoms with Crippen LogP contribution in [0.2, 0.25) is 0 Å². The summed E-state index contributed by atoms with van der Waals surface area (Å²) in [7, 11) is -3.35. The number of benzene rings is 2. The second-order valence-corrected chi connectivity index (χ2v) is 8.14. The number of hydrazone groups is 1. The third-order valence-electron chi connectivity index (χ3n) is 4.27. The lowest BCUT2D eigenvalue weighted by Crippen LogP contribution is -2.24. The fraction of sp³-hybridized carbons (Fsp3) is 0.263. The highest BCUT2D eigenvalue weighted by atomic mass is 32.2. The van der Waals surface area contributed by atoms with Crippen LogP contribution in [-0.2, 0) is 14.8 Å². The molecule has 1 atom stereocenters. The maximum Gasteiger partial charge on any atom is 0.240 e. The molecular weight excluding hydrogens is 350 g/mol. The van der Waals surface area contributed by atoms with Gasteiger partial charge in [0.05, 0.1) is 17.5 Å². The lowest BCUT2D eigenvalue weighted by Gasteiger charge is -2.20. The number of hydrogen-bond donors (Lipinski definition) is 1. The largest absolute Gasteiger partial charge is 0.284 e. The van der Waals surface area contributed by atoms with Crippen LogP contribution in [0.4, 0.5) is 5.69 Å². The molecule has 2 aromatic carbocycles. The molecule has 6 nitrogen and oxygen atoms in total. The molecule has 0 unspecified atom stereocenters. The van der Waals surface area contributed by atoms with Crippen molar-refractivity contribution < 1.29 is 13.2 Å². The summed E-state index contributed by atoms with van der Waals surface area (Å²) in [5.41, 5.74) is 3.06. The first-order valence-corrected chi connectivity index (χ1v) is 10.1. The van der Waals surface area contributed by atoms with Gasteiger partial charge in [0.1, 0.15) is 0 Å². The number of nitrogens with one attached hydrogen (secondary N) is 1. The fourth-order valence-corrected chi connectivity index (χ4v) is 3.55.